The molecule has 0 radical (unpaired) electrons. The van der Waals surface area contributed by atoms with Gasteiger partial charge in [0.2, 0.25) is 11.9 Å². The van der Waals surface area contributed by atoms with E-state index >= 15 is 0 Å². The number of halogens is 4. The van der Waals surface area contributed by atoms with Crippen molar-refractivity contribution in [2.45, 2.75) is 56.2 Å². The first-order chi connectivity index (χ1) is 23.5. The number of anilines is 3. The summed E-state index contributed by atoms with van der Waals surface area (Å²) < 4.78 is 60.5. The quantitative estimate of drug-likeness (QED) is 0.204. The zero-order valence-electron chi connectivity index (χ0n) is 26.4. The van der Waals surface area contributed by atoms with Gasteiger partial charge < -0.3 is 25.4 Å². The van der Waals surface area contributed by atoms with Crippen LogP contribution in [-0.4, -0.2) is 85.6 Å². The average molecular weight is 683 g/mol. The molecular weight excluding hydrogens is 648 g/mol. The molecule has 1 aliphatic carbocycles. The van der Waals surface area contributed by atoms with Gasteiger partial charge in [-0.25, -0.2) is 34.1 Å². The van der Waals surface area contributed by atoms with Gasteiger partial charge in [-0.1, -0.05) is 30.3 Å². The molecule has 0 unspecified atom stereocenters. The van der Waals surface area contributed by atoms with Crippen LogP contribution in [0.15, 0.2) is 61.3 Å². The van der Waals surface area contributed by atoms with Crippen molar-refractivity contribution in [2.24, 2.45) is 0 Å². The number of hydrogen-bond acceptors (Lipinski definition) is 11. The van der Waals surface area contributed by atoms with E-state index in [-0.39, 0.29) is 36.0 Å². The maximum Gasteiger partial charge on any atom is 0.421 e. The third kappa shape index (κ3) is 7.77. The Morgan fingerprint density at radius 2 is 1.61 bits per heavy atom. The fraction of sp³-hybridized carbons (Fsp3) is 0.406. The smallest absolute Gasteiger partial charge is 0.421 e. The average Bonchev–Trinajstić information content (AvgIpc) is 3.10. The number of aromatic nitrogens is 6. The number of methoxy groups -OCH3 is 1. The van der Waals surface area contributed by atoms with E-state index in [1.165, 1.54) is 12.0 Å². The van der Waals surface area contributed by atoms with Crippen LogP contribution < -0.4 is 25.2 Å². The van der Waals surface area contributed by atoms with Gasteiger partial charge in [0.1, 0.15) is 11.4 Å². The van der Waals surface area contributed by atoms with E-state index in [4.69, 9.17) is 4.74 Å². The highest BCUT2D eigenvalue weighted by atomic mass is 19.4. The molecular formula is C32H34F4N10O3. The second-order valence-electron chi connectivity index (χ2n) is 12.0. The number of aliphatic hydroxyl groups is 1. The molecule has 2 fully saturated rings. The minimum absolute atomic E-state index is 0.0225. The first kappa shape index (κ1) is 33.7. The summed E-state index contributed by atoms with van der Waals surface area (Å²) in [5.41, 5.74) is -0.829. The fourth-order valence-electron chi connectivity index (χ4n) is 5.88. The number of carbonyl (C=O) groups is 1. The van der Waals surface area contributed by atoms with Gasteiger partial charge in [-0.15, -0.1) is 0 Å². The first-order valence-corrected chi connectivity index (χ1v) is 15.6. The standard InChI is InChI=1S/C32H34F4N10O3/c1-49-29-40-14-22(15-41-29)21-12-38-28(39-13-21)46(30(48)42-11-20-5-3-2-4-6-20)24-9-7-23(8-10-24)43-27-37-16-25(32(34,35)36)26(44-27)45-17-31(33,18-45)19-47/h2-6,12-16,23-24,47H,7-11,17-19H2,1H3,(H,42,48)(H,37,43,44)/t23-,24-. The number of nitrogens with one attached hydrogen (secondary N) is 2. The van der Waals surface area contributed by atoms with Crippen LogP contribution in [0.5, 0.6) is 6.01 Å². The molecule has 3 aromatic heterocycles. The maximum absolute atomic E-state index is 14.3. The third-order valence-corrected chi connectivity index (χ3v) is 8.50. The summed E-state index contributed by atoms with van der Waals surface area (Å²) in [6.45, 7) is -1.32. The van der Waals surface area contributed by atoms with Gasteiger partial charge in [0.05, 0.1) is 26.8 Å². The van der Waals surface area contributed by atoms with Crippen molar-refractivity contribution in [3.05, 3.63) is 72.4 Å². The summed E-state index contributed by atoms with van der Waals surface area (Å²) in [6, 6.07) is 8.82. The van der Waals surface area contributed by atoms with E-state index in [1.807, 2.05) is 30.3 Å². The maximum atomic E-state index is 14.3. The Kier molecular flexibility index (Phi) is 9.71. The number of rotatable bonds is 10. The van der Waals surface area contributed by atoms with Crippen LogP contribution >= 0.6 is 0 Å². The van der Waals surface area contributed by atoms with Gasteiger partial charge in [-0.2, -0.15) is 18.2 Å². The SMILES string of the molecule is COc1ncc(-c2cnc(N(C(=O)NCc3ccccc3)[C@H]3CC[C@H](Nc4ncc(C(F)(F)F)c(N5CC(F)(CO)C5)n4)CC3)nc2)cn1. The van der Waals surface area contributed by atoms with Gasteiger partial charge in [-0.05, 0) is 31.2 Å². The second kappa shape index (κ2) is 14.1. The Morgan fingerprint density at radius 1 is 0.980 bits per heavy atom. The van der Waals surface area contributed by atoms with Crippen LogP contribution in [0.3, 0.4) is 0 Å². The Labute approximate surface area is 278 Å². The molecule has 258 valence electrons. The number of amides is 2. The number of benzene rings is 1. The molecule has 49 heavy (non-hydrogen) atoms. The molecule has 2 aliphatic rings. The normalized spacial score (nSPS) is 18.7. The number of carbonyl (C=O) groups excluding carboxylic acids is 1. The number of aliphatic hydroxyl groups excluding tert-OH is 1. The van der Waals surface area contributed by atoms with Gasteiger partial charge in [-0.3, -0.25) is 4.90 Å². The number of nitrogens with zero attached hydrogens (tertiary/aromatic N) is 8. The second-order valence-corrected chi connectivity index (χ2v) is 12.0. The third-order valence-electron chi connectivity index (χ3n) is 8.50. The van der Waals surface area contributed by atoms with Gasteiger partial charge >= 0.3 is 18.2 Å². The molecule has 4 heterocycles. The molecule has 1 saturated carbocycles. The minimum atomic E-state index is -4.74. The topological polar surface area (TPSA) is 154 Å². The number of ether oxygens (including phenoxy) is 1. The number of urea groups is 1. The van der Waals surface area contributed by atoms with Crippen LogP contribution in [0.4, 0.5) is 40.1 Å². The molecule has 2 amide bonds. The summed E-state index contributed by atoms with van der Waals surface area (Å²) >= 11 is 0. The Hall–Kier alpha value is -5.19. The lowest BCUT2D eigenvalue weighted by atomic mass is 9.90. The number of alkyl halides is 4. The van der Waals surface area contributed by atoms with Crippen molar-refractivity contribution in [1.82, 2.24) is 35.2 Å². The van der Waals surface area contributed by atoms with Crippen molar-refractivity contribution in [3.63, 3.8) is 0 Å². The van der Waals surface area contributed by atoms with E-state index in [9.17, 15) is 27.5 Å². The van der Waals surface area contributed by atoms with Crippen LogP contribution in [0.1, 0.15) is 36.8 Å². The summed E-state index contributed by atoms with van der Waals surface area (Å²) in [7, 11) is 1.47. The van der Waals surface area contributed by atoms with Gasteiger partial charge in [0.25, 0.3) is 0 Å². The van der Waals surface area contributed by atoms with Crippen molar-refractivity contribution in [1.29, 1.82) is 0 Å². The molecule has 17 heteroatoms. The molecule has 0 bridgehead atoms. The molecule has 3 N–H and O–H groups in total. The number of hydrogen-bond donors (Lipinski definition) is 3. The lowest BCUT2D eigenvalue weighted by molar-refractivity contribution is -0.137. The zero-order valence-corrected chi connectivity index (χ0v) is 26.4. The Morgan fingerprint density at radius 3 is 2.20 bits per heavy atom. The molecule has 1 aromatic carbocycles. The van der Waals surface area contributed by atoms with Crippen LogP contribution in [-0.2, 0) is 12.7 Å². The van der Waals surface area contributed by atoms with E-state index in [0.717, 1.165) is 10.5 Å². The molecule has 1 saturated heterocycles. The highest BCUT2D eigenvalue weighted by molar-refractivity contribution is 5.90. The van der Waals surface area contributed by atoms with Crippen molar-refractivity contribution in [3.8, 4) is 17.1 Å². The lowest BCUT2D eigenvalue weighted by Gasteiger charge is -2.44. The highest BCUT2D eigenvalue weighted by Crippen LogP contribution is 2.40. The van der Waals surface area contributed by atoms with E-state index in [1.54, 1.807) is 24.8 Å². The molecule has 6 rings (SSSR count). The van der Waals surface area contributed by atoms with Crippen LogP contribution in [0, 0.1) is 0 Å². The first-order valence-electron chi connectivity index (χ1n) is 15.6. The minimum Gasteiger partial charge on any atom is -0.467 e. The fourth-order valence-corrected chi connectivity index (χ4v) is 5.88. The molecule has 1 aliphatic heterocycles. The van der Waals surface area contributed by atoms with Crippen LogP contribution in [0.2, 0.25) is 0 Å². The molecule has 4 aromatic rings. The predicted octanol–water partition coefficient (Wildman–Crippen LogP) is 4.41. The lowest BCUT2D eigenvalue weighted by Crippen LogP contribution is -2.61. The van der Waals surface area contributed by atoms with Crippen molar-refractivity contribution >= 4 is 23.7 Å². The van der Waals surface area contributed by atoms with Gasteiger partial charge in [0.15, 0.2) is 5.67 Å². The molecule has 0 spiro atoms. The van der Waals surface area contributed by atoms with Gasteiger partial charge in [0, 0.05) is 60.7 Å². The highest BCUT2D eigenvalue weighted by Gasteiger charge is 2.47. The molecule has 0 atom stereocenters. The van der Waals surface area contributed by atoms with E-state index < -0.39 is 42.9 Å². The van der Waals surface area contributed by atoms with E-state index in [0.29, 0.717) is 49.6 Å². The Balaban J connectivity index is 1.16. The summed E-state index contributed by atoms with van der Waals surface area (Å²) in [5.74, 6) is -0.258. The molecule has 13 nitrogen and oxygen atoms in total. The van der Waals surface area contributed by atoms with Crippen molar-refractivity contribution in [2.75, 3.05) is 41.9 Å². The van der Waals surface area contributed by atoms with Crippen molar-refractivity contribution < 1.29 is 32.2 Å². The zero-order chi connectivity index (χ0) is 34.6. The summed E-state index contributed by atoms with van der Waals surface area (Å²) in [6.07, 6.45) is 4.40. The predicted molar refractivity (Wildman–Crippen MR) is 171 cm³/mol. The monoisotopic (exact) mass is 682 g/mol. The summed E-state index contributed by atoms with van der Waals surface area (Å²) in [4.78, 5) is 41.6. The van der Waals surface area contributed by atoms with Crippen LogP contribution in [0.25, 0.3) is 11.1 Å². The summed E-state index contributed by atoms with van der Waals surface area (Å²) in [5, 5.41) is 15.3. The van der Waals surface area contributed by atoms with E-state index in [2.05, 4.69) is 40.5 Å². The Bertz CT molecular complexity index is 1720. The largest absolute Gasteiger partial charge is 0.467 e.